The Morgan fingerprint density at radius 1 is 1.06 bits per heavy atom. The fourth-order valence-corrected chi connectivity index (χ4v) is 4.33. The molecule has 7 heteroatoms. The molecule has 1 heterocycles. The Labute approximate surface area is 195 Å². The monoisotopic (exact) mass is 459 g/mol. The van der Waals surface area contributed by atoms with Gasteiger partial charge in [-0.15, -0.1) is 11.3 Å². The summed E-state index contributed by atoms with van der Waals surface area (Å²) < 4.78 is 14.2. The maximum Gasteiger partial charge on any atom is 0.244 e. The highest BCUT2D eigenvalue weighted by atomic mass is 32.1. The third-order valence-electron chi connectivity index (χ3n) is 5.15. The van der Waals surface area contributed by atoms with Gasteiger partial charge in [0.05, 0.1) is 17.4 Å². The van der Waals surface area contributed by atoms with Gasteiger partial charge in [0, 0.05) is 18.4 Å². The van der Waals surface area contributed by atoms with E-state index in [1.54, 1.807) is 23.6 Å². The van der Waals surface area contributed by atoms with Crippen LogP contribution >= 0.6 is 11.3 Å². The van der Waals surface area contributed by atoms with Crippen LogP contribution in [0.5, 0.6) is 0 Å². The zero-order chi connectivity index (χ0) is 23.4. The molecule has 0 saturated carbocycles. The van der Waals surface area contributed by atoms with Crippen LogP contribution in [0.4, 0.5) is 15.2 Å². The number of carbonyl (C=O) groups is 2. The van der Waals surface area contributed by atoms with Crippen molar-refractivity contribution in [2.45, 2.75) is 19.9 Å². The van der Waals surface area contributed by atoms with Gasteiger partial charge in [0.15, 0.2) is 5.13 Å². The number of benzene rings is 3. The van der Waals surface area contributed by atoms with Gasteiger partial charge < -0.3 is 5.32 Å². The van der Waals surface area contributed by atoms with Gasteiger partial charge in [-0.2, -0.15) is 0 Å². The van der Waals surface area contributed by atoms with Crippen LogP contribution in [0, 0.1) is 5.82 Å². The number of thiazole rings is 1. The van der Waals surface area contributed by atoms with Crippen molar-refractivity contribution < 1.29 is 14.0 Å². The maximum absolute atomic E-state index is 14.2. The minimum absolute atomic E-state index is 0.136. The average Bonchev–Trinajstić information content (AvgIpc) is 3.27. The third kappa shape index (κ3) is 5.15. The van der Waals surface area contributed by atoms with E-state index in [1.807, 2.05) is 43.3 Å². The number of carbonyl (C=O) groups excluding carboxylic acids is 2. The smallest absolute Gasteiger partial charge is 0.244 e. The van der Waals surface area contributed by atoms with Gasteiger partial charge in [0.25, 0.3) is 0 Å². The first-order chi connectivity index (χ1) is 15.9. The minimum atomic E-state index is -0.512. The van der Waals surface area contributed by atoms with Gasteiger partial charge in [-0.05, 0) is 47.5 Å². The number of halogens is 1. The summed E-state index contributed by atoms with van der Waals surface area (Å²) in [6, 6.07) is 20.0. The van der Waals surface area contributed by atoms with Gasteiger partial charge in [0.1, 0.15) is 5.82 Å². The van der Waals surface area contributed by atoms with E-state index in [0.717, 1.165) is 16.3 Å². The summed E-state index contributed by atoms with van der Waals surface area (Å²) in [5.74, 6) is -1.13. The van der Waals surface area contributed by atoms with Crippen LogP contribution in [0.3, 0.4) is 0 Å². The molecule has 0 saturated heterocycles. The van der Waals surface area contributed by atoms with Crippen LogP contribution < -0.4 is 10.2 Å². The highest BCUT2D eigenvalue weighted by molar-refractivity contribution is 7.14. The van der Waals surface area contributed by atoms with Crippen LogP contribution in [-0.2, 0) is 9.59 Å². The van der Waals surface area contributed by atoms with Crippen LogP contribution in [0.15, 0.2) is 78.2 Å². The molecule has 4 aromatic rings. The highest BCUT2D eigenvalue weighted by Gasteiger charge is 2.20. The molecule has 5 nitrogen and oxygen atoms in total. The molecule has 33 heavy (non-hydrogen) atoms. The first-order valence-electron chi connectivity index (χ1n) is 10.4. The van der Waals surface area contributed by atoms with Crippen LogP contribution in [0.1, 0.15) is 31.1 Å². The number of fused-ring (bicyclic) bond motifs is 1. The van der Waals surface area contributed by atoms with Gasteiger partial charge >= 0.3 is 0 Å². The molecular weight excluding hydrogens is 437 g/mol. The molecule has 0 aliphatic carbocycles. The Morgan fingerprint density at radius 2 is 1.79 bits per heavy atom. The number of nitrogens with one attached hydrogen (secondary N) is 1. The number of anilines is 2. The molecule has 1 atom stereocenters. The van der Waals surface area contributed by atoms with E-state index in [1.165, 1.54) is 41.4 Å². The lowest BCUT2D eigenvalue weighted by Crippen LogP contribution is -2.24. The van der Waals surface area contributed by atoms with Gasteiger partial charge in [-0.1, -0.05) is 48.5 Å². The Hall–Kier alpha value is -3.84. The normalized spacial score (nSPS) is 12.1. The van der Waals surface area contributed by atoms with Crippen molar-refractivity contribution in [3.63, 3.8) is 0 Å². The lowest BCUT2D eigenvalue weighted by Gasteiger charge is -2.18. The molecule has 1 unspecified atom stereocenters. The molecule has 0 aliphatic rings. The zero-order valence-corrected chi connectivity index (χ0v) is 19.0. The molecule has 4 rings (SSSR count). The summed E-state index contributed by atoms with van der Waals surface area (Å²) in [6.45, 7) is 3.28. The molecule has 0 spiro atoms. The van der Waals surface area contributed by atoms with Crippen molar-refractivity contribution in [1.29, 1.82) is 0 Å². The molecule has 0 fully saturated rings. The SMILES string of the molecule is CC(=O)N(c1nc(C=CC(=O)NC(C)c2ccc3ccccc3c2)cs1)c1ccccc1F. The number of para-hydroxylation sites is 1. The third-order valence-corrected chi connectivity index (χ3v) is 5.99. The van der Waals surface area contributed by atoms with E-state index in [0.29, 0.717) is 10.8 Å². The first kappa shape index (κ1) is 22.4. The summed E-state index contributed by atoms with van der Waals surface area (Å²) in [5, 5.41) is 7.25. The number of aromatic nitrogens is 1. The van der Waals surface area contributed by atoms with Crippen LogP contribution in [0.2, 0.25) is 0 Å². The molecule has 166 valence electrons. The topological polar surface area (TPSA) is 62.3 Å². The molecule has 1 aromatic heterocycles. The molecule has 2 amide bonds. The van der Waals surface area contributed by atoms with Gasteiger partial charge in [0.2, 0.25) is 11.8 Å². The molecule has 0 radical (unpaired) electrons. The van der Waals surface area contributed by atoms with Crippen molar-refractivity contribution in [2.75, 3.05) is 4.90 Å². The Balaban J connectivity index is 1.45. The number of amides is 2. The van der Waals surface area contributed by atoms with E-state index in [2.05, 4.69) is 16.4 Å². The maximum atomic E-state index is 14.2. The van der Waals surface area contributed by atoms with Crippen LogP contribution in [-0.4, -0.2) is 16.8 Å². The average molecular weight is 460 g/mol. The number of hydrogen-bond donors (Lipinski definition) is 1. The predicted molar refractivity (Wildman–Crippen MR) is 131 cm³/mol. The standard InChI is InChI=1S/C26H22FN3O2S/c1-17(20-12-11-19-7-3-4-8-21(19)15-20)28-25(32)14-13-22-16-33-26(29-22)30(18(2)31)24-10-6-5-9-23(24)27/h3-17H,1-2H3,(H,28,32). The van der Waals surface area contributed by atoms with Crippen molar-refractivity contribution >= 4 is 50.8 Å². The zero-order valence-electron chi connectivity index (χ0n) is 18.2. The van der Waals surface area contributed by atoms with E-state index in [4.69, 9.17) is 0 Å². The van der Waals surface area contributed by atoms with E-state index < -0.39 is 5.82 Å². The quantitative estimate of drug-likeness (QED) is 0.359. The minimum Gasteiger partial charge on any atom is -0.346 e. The van der Waals surface area contributed by atoms with Gasteiger partial charge in [-0.3, -0.25) is 14.5 Å². The summed E-state index contributed by atoms with van der Waals surface area (Å²) in [7, 11) is 0. The summed E-state index contributed by atoms with van der Waals surface area (Å²) in [6.07, 6.45) is 2.97. The number of hydrogen-bond acceptors (Lipinski definition) is 4. The fourth-order valence-electron chi connectivity index (χ4n) is 3.48. The molecule has 0 aliphatic heterocycles. The molecule has 3 aromatic carbocycles. The molecular formula is C26H22FN3O2S. The lowest BCUT2D eigenvalue weighted by molar-refractivity contribution is -0.117. The number of nitrogens with zero attached hydrogens (tertiary/aromatic N) is 2. The van der Waals surface area contributed by atoms with Crippen LogP contribution in [0.25, 0.3) is 16.8 Å². The van der Waals surface area contributed by atoms with Crippen molar-refractivity contribution in [3.8, 4) is 0 Å². The second-order valence-corrected chi connectivity index (χ2v) is 8.37. The van der Waals surface area contributed by atoms with Gasteiger partial charge in [-0.25, -0.2) is 9.37 Å². The predicted octanol–water partition coefficient (Wildman–Crippen LogP) is 6.01. The number of rotatable bonds is 6. The van der Waals surface area contributed by atoms with Crippen molar-refractivity contribution in [1.82, 2.24) is 10.3 Å². The molecule has 0 bridgehead atoms. The Morgan fingerprint density at radius 3 is 2.55 bits per heavy atom. The van der Waals surface area contributed by atoms with E-state index in [-0.39, 0.29) is 23.5 Å². The highest BCUT2D eigenvalue weighted by Crippen LogP contribution is 2.31. The molecule has 1 N–H and O–H groups in total. The Kier molecular flexibility index (Phi) is 6.60. The summed E-state index contributed by atoms with van der Waals surface area (Å²) in [5.41, 5.74) is 1.65. The van der Waals surface area contributed by atoms with Crippen molar-refractivity contribution in [2.24, 2.45) is 0 Å². The lowest BCUT2D eigenvalue weighted by atomic mass is 10.0. The first-order valence-corrected chi connectivity index (χ1v) is 11.3. The summed E-state index contributed by atoms with van der Waals surface area (Å²) >= 11 is 1.20. The second-order valence-electron chi connectivity index (χ2n) is 7.53. The summed E-state index contributed by atoms with van der Waals surface area (Å²) in [4.78, 5) is 30.2. The fraction of sp³-hybridized carbons (Fsp3) is 0.115. The second kappa shape index (κ2) is 9.75. The van der Waals surface area contributed by atoms with E-state index in [9.17, 15) is 14.0 Å². The van der Waals surface area contributed by atoms with Crippen molar-refractivity contribution in [3.05, 3.63) is 95.3 Å². The largest absolute Gasteiger partial charge is 0.346 e. The Bertz CT molecular complexity index is 1350. The van der Waals surface area contributed by atoms with E-state index >= 15 is 0 Å².